The number of aromatic nitrogens is 4. The number of hydrogen-bond acceptors (Lipinski definition) is 6. The molecule has 0 radical (unpaired) electrons. The van der Waals surface area contributed by atoms with E-state index in [1.165, 1.54) is 6.33 Å². The topological polar surface area (TPSA) is 88.1 Å². The lowest BCUT2D eigenvalue weighted by atomic mass is 10.1. The van der Waals surface area contributed by atoms with Gasteiger partial charge in [0.2, 0.25) is 0 Å². The molecule has 2 aromatic carbocycles. The first-order valence-electron chi connectivity index (χ1n) is 8.09. The van der Waals surface area contributed by atoms with Gasteiger partial charge in [-0.25, -0.2) is 9.97 Å². The van der Waals surface area contributed by atoms with Gasteiger partial charge in [0.05, 0.1) is 25.4 Å². The zero-order chi connectivity index (χ0) is 19.0. The van der Waals surface area contributed by atoms with E-state index in [1.807, 2.05) is 30.3 Å². The molecule has 0 unspecified atom stereocenters. The first-order chi connectivity index (χ1) is 13.1. The van der Waals surface area contributed by atoms with Crippen molar-refractivity contribution in [2.24, 2.45) is 0 Å². The Morgan fingerprint density at radius 3 is 2.37 bits per heavy atom. The van der Waals surface area contributed by atoms with Gasteiger partial charge in [-0.15, -0.1) is 0 Å². The minimum absolute atomic E-state index is 0.453. The molecule has 0 atom stereocenters. The fourth-order valence-corrected chi connectivity index (χ4v) is 2.99. The number of ether oxygens (including phenoxy) is 2. The molecule has 0 aliphatic rings. The van der Waals surface area contributed by atoms with Crippen LogP contribution in [0.25, 0.3) is 28.0 Å². The maximum absolute atomic E-state index is 6.22. The third-order valence-corrected chi connectivity index (χ3v) is 4.45. The van der Waals surface area contributed by atoms with Gasteiger partial charge < -0.3 is 15.2 Å². The molecule has 0 spiro atoms. The third kappa shape index (κ3) is 3.02. The molecule has 0 aliphatic heterocycles. The largest absolute Gasteiger partial charge is 0.493 e. The summed E-state index contributed by atoms with van der Waals surface area (Å²) in [6, 6.07) is 12.8. The van der Waals surface area contributed by atoms with Crippen LogP contribution >= 0.6 is 11.6 Å². The molecule has 2 heterocycles. The van der Waals surface area contributed by atoms with Crippen molar-refractivity contribution in [2.45, 2.75) is 0 Å². The number of rotatable bonds is 4. The molecule has 2 aromatic heterocycles. The average molecular weight is 382 g/mol. The molecule has 4 aromatic rings. The van der Waals surface area contributed by atoms with Crippen molar-refractivity contribution in [2.75, 3.05) is 20.0 Å². The van der Waals surface area contributed by atoms with E-state index in [0.29, 0.717) is 33.7 Å². The predicted molar refractivity (Wildman–Crippen MR) is 105 cm³/mol. The molecule has 2 N–H and O–H groups in total. The summed E-state index contributed by atoms with van der Waals surface area (Å²) in [6.07, 6.45) is 1.46. The molecule has 0 saturated carbocycles. The number of halogens is 1. The molecule has 0 aliphatic carbocycles. The third-order valence-electron chi connectivity index (χ3n) is 4.20. The Morgan fingerprint density at radius 2 is 1.67 bits per heavy atom. The monoisotopic (exact) mass is 381 g/mol. The Hall–Kier alpha value is -3.32. The number of anilines is 1. The van der Waals surface area contributed by atoms with E-state index in [1.54, 1.807) is 31.0 Å². The quantitative estimate of drug-likeness (QED) is 0.579. The van der Waals surface area contributed by atoms with Crippen molar-refractivity contribution < 1.29 is 9.47 Å². The maximum Gasteiger partial charge on any atom is 0.167 e. The second-order valence-electron chi connectivity index (χ2n) is 5.79. The van der Waals surface area contributed by atoms with E-state index < -0.39 is 0 Å². The lowest BCUT2D eigenvalue weighted by Crippen LogP contribution is -2.05. The number of fused-ring (bicyclic) bond motifs is 1. The van der Waals surface area contributed by atoms with Crippen LogP contribution in [0, 0.1) is 0 Å². The Morgan fingerprint density at radius 1 is 0.963 bits per heavy atom. The number of nitrogens with zero attached hydrogens (tertiary/aromatic N) is 4. The maximum atomic E-state index is 6.22. The van der Waals surface area contributed by atoms with Crippen LogP contribution in [0.3, 0.4) is 0 Å². The lowest BCUT2D eigenvalue weighted by Gasteiger charge is -2.11. The molecule has 0 amide bonds. The van der Waals surface area contributed by atoms with E-state index in [4.69, 9.17) is 26.8 Å². The lowest BCUT2D eigenvalue weighted by molar-refractivity contribution is 0.355. The van der Waals surface area contributed by atoms with Crippen LogP contribution in [0.1, 0.15) is 0 Å². The van der Waals surface area contributed by atoms with E-state index in [9.17, 15) is 0 Å². The smallest absolute Gasteiger partial charge is 0.167 e. The molecule has 0 saturated heterocycles. The molecule has 0 bridgehead atoms. The molecule has 0 fully saturated rings. The Kier molecular flexibility index (Phi) is 4.29. The van der Waals surface area contributed by atoms with Crippen molar-refractivity contribution in [1.82, 2.24) is 19.7 Å². The van der Waals surface area contributed by atoms with Gasteiger partial charge >= 0.3 is 0 Å². The molecule has 8 heteroatoms. The van der Waals surface area contributed by atoms with Crippen LogP contribution in [0.5, 0.6) is 11.5 Å². The first-order valence-corrected chi connectivity index (χ1v) is 8.47. The highest BCUT2D eigenvalue weighted by Crippen LogP contribution is 2.34. The summed E-state index contributed by atoms with van der Waals surface area (Å²) < 4.78 is 12.3. The van der Waals surface area contributed by atoms with Gasteiger partial charge in [0.25, 0.3) is 0 Å². The standard InChI is InChI=1S/C19H16ClN5O2/c1-26-16-7-13-15(8-17(16)27-2)22-10-23-19(13)25-18(21)9-14(24-25)11-3-5-12(20)6-4-11/h3-10H,21H2,1-2H3. The summed E-state index contributed by atoms with van der Waals surface area (Å²) >= 11 is 5.96. The van der Waals surface area contributed by atoms with E-state index in [2.05, 4.69) is 15.1 Å². The van der Waals surface area contributed by atoms with Crippen LogP contribution in [0.2, 0.25) is 5.02 Å². The number of methoxy groups -OCH3 is 2. The van der Waals surface area contributed by atoms with Gasteiger partial charge in [-0.1, -0.05) is 23.7 Å². The van der Waals surface area contributed by atoms with Crippen molar-refractivity contribution in [3.05, 3.63) is 53.8 Å². The van der Waals surface area contributed by atoms with Crippen LogP contribution in [-0.4, -0.2) is 34.0 Å². The van der Waals surface area contributed by atoms with E-state index in [-0.39, 0.29) is 0 Å². The van der Waals surface area contributed by atoms with Gasteiger partial charge in [0, 0.05) is 28.1 Å². The minimum atomic E-state index is 0.453. The van der Waals surface area contributed by atoms with Crippen molar-refractivity contribution in [1.29, 1.82) is 0 Å². The Bertz CT molecular complexity index is 1130. The fourth-order valence-electron chi connectivity index (χ4n) is 2.87. The SMILES string of the molecule is COc1cc2ncnc(-n3nc(-c4ccc(Cl)cc4)cc3N)c2cc1OC. The highest BCUT2D eigenvalue weighted by atomic mass is 35.5. The number of nitrogen functional groups attached to an aromatic ring is 1. The predicted octanol–water partition coefficient (Wildman–Crippen LogP) is 3.74. The second-order valence-corrected chi connectivity index (χ2v) is 6.23. The summed E-state index contributed by atoms with van der Waals surface area (Å²) in [7, 11) is 3.16. The zero-order valence-electron chi connectivity index (χ0n) is 14.7. The van der Waals surface area contributed by atoms with E-state index >= 15 is 0 Å². The highest BCUT2D eigenvalue weighted by Gasteiger charge is 2.16. The Balaban J connectivity index is 1.88. The van der Waals surface area contributed by atoms with E-state index in [0.717, 1.165) is 16.6 Å². The molecular weight excluding hydrogens is 366 g/mol. The number of benzene rings is 2. The fraction of sp³-hybridized carbons (Fsp3) is 0.105. The number of nitrogens with two attached hydrogens (primary N) is 1. The van der Waals surface area contributed by atoms with Crippen LogP contribution < -0.4 is 15.2 Å². The van der Waals surface area contributed by atoms with Gasteiger partial charge in [0.15, 0.2) is 17.3 Å². The van der Waals surface area contributed by atoms with Crippen LogP contribution in [-0.2, 0) is 0 Å². The van der Waals surface area contributed by atoms with Crippen molar-refractivity contribution in [3.8, 4) is 28.6 Å². The van der Waals surface area contributed by atoms with Crippen LogP contribution in [0.15, 0.2) is 48.8 Å². The molecular formula is C19H16ClN5O2. The molecule has 136 valence electrons. The summed E-state index contributed by atoms with van der Waals surface area (Å²) in [4.78, 5) is 8.69. The molecule has 27 heavy (non-hydrogen) atoms. The molecule has 4 rings (SSSR count). The van der Waals surface area contributed by atoms with Gasteiger partial charge in [-0.2, -0.15) is 9.78 Å². The second kappa shape index (κ2) is 6.77. The number of hydrogen-bond donors (Lipinski definition) is 1. The van der Waals surface area contributed by atoms with Gasteiger partial charge in [0.1, 0.15) is 12.1 Å². The first kappa shape index (κ1) is 17.1. The zero-order valence-corrected chi connectivity index (χ0v) is 15.4. The highest BCUT2D eigenvalue weighted by molar-refractivity contribution is 6.30. The van der Waals surface area contributed by atoms with Crippen molar-refractivity contribution >= 4 is 28.3 Å². The normalized spacial score (nSPS) is 10.9. The van der Waals surface area contributed by atoms with Gasteiger partial charge in [-0.05, 0) is 18.2 Å². The van der Waals surface area contributed by atoms with Crippen molar-refractivity contribution in [3.63, 3.8) is 0 Å². The van der Waals surface area contributed by atoms with Gasteiger partial charge in [-0.3, -0.25) is 0 Å². The summed E-state index contributed by atoms with van der Waals surface area (Å²) in [5, 5.41) is 6.02. The minimum Gasteiger partial charge on any atom is -0.493 e. The Labute approximate surface area is 160 Å². The summed E-state index contributed by atoms with van der Waals surface area (Å²) in [5.74, 6) is 2.17. The van der Waals surface area contributed by atoms with Crippen LogP contribution in [0.4, 0.5) is 5.82 Å². The summed E-state index contributed by atoms with van der Waals surface area (Å²) in [6.45, 7) is 0. The average Bonchev–Trinajstić information content (AvgIpc) is 3.08. The summed E-state index contributed by atoms with van der Waals surface area (Å²) in [5.41, 5.74) is 8.54. The molecule has 7 nitrogen and oxygen atoms in total.